The Labute approximate surface area is 211 Å². The molecule has 174 valence electrons. The van der Waals surface area contributed by atoms with Gasteiger partial charge in [0.25, 0.3) is 0 Å². The predicted octanol–water partition coefficient (Wildman–Crippen LogP) is 5.34. The average molecular weight is 466 g/mol. The Morgan fingerprint density at radius 3 is 2.03 bits per heavy atom. The smallest absolute Gasteiger partial charge is 0.247 e. The topological polar surface area (TPSA) is 15.7 Å². The van der Waals surface area contributed by atoms with Crippen molar-refractivity contribution in [3.8, 4) is 11.5 Å². The van der Waals surface area contributed by atoms with Gasteiger partial charge in [-0.05, 0) is 29.0 Å². The molecule has 0 atom stereocenters. The molecule has 0 saturated carbocycles. The van der Waals surface area contributed by atoms with Gasteiger partial charge in [0.1, 0.15) is 11.5 Å². The molecule has 0 spiro atoms. The summed E-state index contributed by atoms with van der Waals surface area (Å²) in [4.78, 5) is 4.43. The monoisotopic (exact) mass is 466 g/mol. The number of benzene rings is 6. The van der Waals surface area contributed by atoms with Gasteiger partial charge < -0.3 is 14.5 Å². The molecule has 4 heteroatoms. The number of anilines is 2. The second-order valence-electron chi connectivity index (χ2n) is 10.2. The Morgan fingerprint density at radius 2 is 1.25 bits per heavy atom. The molecule has 1 heterocycles. The van der Waals surface area contributed by atoms with Crippen LogP contribution in [0.1, 0.15) is 0 Å². The summed E-state index contributed by atoms with van der Waals surface area (Å²) >= 11 is 0. The Hall–Kier alpha value is -4.18. The van der Waals surface area contributed by atoms with Crippen molar-refractivity contribution in [2.24, 2.45) is 0 Å². The summed E-state index contributed by atoms with van der Waals surface area (Å²) in [6.07, 6.45) is 0. The zero-order valence-corrected chi connectivity index (χ0v) is 21.0. The molecule has 0 amide bonds. The van der Waals surface area contributed by atoms with Gasteiger partial charge in [-0.2, -0.15) is 0 Å². The van der Waals surface area contributed by atoms with Crippen molar-refractivity contribution in [2.75, 3.05) is 38.0 Å². The van der Waals surface area contributed by atoms with Gasteiger partial charge in [0, 0.05) is 66.5 Å². The number of rotatable bonds is 3. The summed E-state index contributed by atoms with van der Waals surface area (Å²) in [6.45, 7) is 0.0925. The van der Waals surface area contributed by atoms with Gasteiger partial charge in [-0.25, -0.2) is 0 Å². The lowest BCUT2D eigenvalue weighted by atomic mass is 9.36. The van der Waals surface area contributed by atoms with Crippen LogP contribution >= 0.6 is 0 Å². The van der Waals surface area contributed by atoms with E-state index in [0.717, 1.165) is 11.5 Å². The Balaban J connectivity index is 1.70. The van der Waals surface area contributed by atoms with Gasteiger partial charge in [-0.1, -0.05) is 83.7 Å². The van der Waals surface area contributed by atoms with E-state index in [0.29, 0.717) is 0 Å². The van der Waals surface area contributed by atoms with E-state index >= 15 is 0 Å². The molecule has 36 heavy (non-hydrogen) atoms. The molecule has 3 nitrogen and oxygen atoms in total. The number of fused-ring (bicyclic) bond motifs is 1. The molecule has 0 saturated heterocycles. The van der Waals surface area contributed by atoms with E-state index in [1.54, 1.807) is 0 Å². The van der Waals surface area contributed by atoms with Gasteiger partial charge in [-0.3, -0.25) is 0 Å². The van der Waals surface area contributed by atoms with Crippen LogP contribution in [0.5, 0.6) is 11.5 Å². The molecular formula is C32H27BN2O. The van der Waals surface area contributed by atoms with Crippen molar-refractivity contribution in [3.05, 3.63) is 91.0 Å². The maximum absolute atomic E-state index is 6.81. The minimum Gasteiger partial charge on any atom is -0.457 e. The molecule has 0 N–H and O–H groups in total. The van der Waals surface area contributed by atoms with Crippen molar-refractivity contribution in [2.45, 2.75) is 0 Å². The lowest BCUT2D eigenvalue weighted by molar-refractivity contribution is 0.493. The fourth-order valence-electron chi connectivity index (χ4n) is 6.12. The molecule has 1 aliphatic rings. The maximum Gasteiger partial charge on any atom is 0.247 e. The highest BCUT2D eigenvalue weighted by molar-refractivity contribution is 6.97. The average Bonchev–Trinajstić information content (AvgIpc) is 3.03. The first-order chi connectivity index (χ1) is 17.5. The molecule has 1 aliphatic heterocycles. The van der Waals surface area contributed by atoms with Crippen molar-refractivity contribution in [1.82, 2.24) is 0 Å². The van der Waals surface area contributed by atoms with Crippen LogP contribution in [0.4, 0.5) is 11.4 Å². The standard InChI is InChI=1S/C32H27BN2O/c1-34(2)26-19-27(35(3)4)23-18-29-32-25(17-15-20-14-16-22(26)31(23)30(20)32)33(21-10-6-5-7-11-21)24-12-8-9-13-28(24)36-29/h5-19H,1-4H3. The lowest BCUT2D eigenvalue weighted by Gasteiger charge is -2.25. The highest BCUT2D eigenvalue weighted by atomic mass is 16.5. The zero-order valence-electron chi connectivity index (χ0n) is 21.0. The molecule has 0 radical (unpaired) electrons. The van der Waals surface area contributed by atoms with Crippen LogP contribution in [0.15, 0.2) is 91.0 Å². The fraction of sp³-hybridized carbons (Fsp3) is 0.125. The summed E-state index contributed by atoms with van der Waals surface area (Å²) < 4.78 is 6.81. The molecular weight excluding hydrogens is 439 g/mol. The molecule has 0 fully saturated rings. The third-order valence-electron chi connectivity index (χ3n) is 7.69. The van der Waals surface area contributed by atoms with Crippen LogP contribution in [0, 0.1) is 0 Å². The van der Waals surface area contributed by atoms with E-state index in [9.17, 15) is 0 Å². The molecule has 6 aromatic rings. The van der Waals surface area contributed by atoms with E-state index in [1.807, 2.05) is 0 Å². The van der Waals surface area contributed by atoms with Crippen LogP contribution in [0.3, 0.4) is 0 Å². The lowest BCUT2D eigenvalue weighted by Crippen LogP contribution is -2.51. The minimum absolute atomic E-state index is 0.0925. The highest BCUT2D eigenvalue weighted by Crippen LogP contribution is 2.47. The Kier molecular flexibility index (Phi) is 4.50. The number of para-hydroxylation sites is 1. The molecule has 6 aromatic carbocycles. The van der Waals surface area contributed by atoms with Gasteiger partial charge in [0.15, 0.2) is 0 Å². The van der Waals surface area contributed by atoms with Crippen LogP contribution in [0.25, 0.3) is 32.3 Å². The van der Waals surface area contributed by atoms with Gasteiger partial charge in [0.2, 0.25) is 6.71 Å². The summed E-state index contributed by atoms with van der Waals surface area (Å²) in [5.41, 5.74) is 6.20. The minimum atomic E-state index is 0.0925. The molecule has 7 rings (SSSR count). The van der Waals surface area contributed by atoms with E-state index in [2.05, 4.69) is 129 Å². The highest BCUT2D eigenvalue weighted by Gasteiger charge is 2.32. The van der Waals surface area contributed by atoms with E-state index in [4.69, 9.17) is 4.74 Å². The van der Waals surface area contributed by atoms with Gasteiger partial charge in [-0.15, -0.1) is 0 Å². The fourth-order valence-corrected chi connectivity index (χ4v) is 6.12. The number of hydrogen-bond donors (Lipinski definition) is 0. The molecule has 0 aromatic heterocycles. The Morgan fingerprint density at radius 1 is 0.556 bits per heavy atom. The predicted molar refractivity (Wildman–Crippen MR) is 156 cm³/mol. The third-order valence-corrected chi connectivity index (χ3v) is 7.69. The first-order valence-electron chi connectivity index (χ1n) is 12.5. The van der Waals surface area contributed by atoms with Gasteiger partial charge in [0.05, 0.1) is 0 Å². The van der Waals surface area contributed by atoms with Crippen molar-refractivity contribution >= 4 is 66.8 Å². The van der Waals surface area contributed by atoms with E-state index in [1.165, 1.54) is 60.1 Å². The molecule has 0 aliphatic carbocycles. The van der Waals surface area contributed by atoms with Crippen molar-refractivity contribution in [3.63, 3.8) is 0 Å². The SMILES string of the molecule is CN(C)c1cc(N(C)C)c2cc3c4c(ccc5ccc1c2c54)B(c1ccccc1)c1ccccc1O3. The second kappa shape index (κ2) is 7.66. The summed E-state index contributed by atoms with van der Waals surface area (Å²) in [6, 6.07) is 33.0. The summed E-state index contributed by atoms with van der Waals surface area (Å²) in [5, 5.41) is 7.56. The van der Waals surface area contributed by atoms with E-state index in [-0.39, 0.29) is 6.71 Å². The zero-order chi connectivity index (χ0) is 24.6. The van der Waals surface area contributed by atoms with Crippen LogP contribution in [-0.2, 0) is 0 Å². The Bertz CT molecular complexity index is 1780. The summed E-state index contributed by atoms with van der Waals surface area (Å²) in [7, 11) is 8.50. The van der Waals surface area contributed by atoms with Crippen LogP contribution in [0.2, 0.25) is 0 Å². The first-order valence-corrected chi connectivity index (χ1v) is 12.5. The first kappa shape index (κ1) is 21.1. The number of ether oxygens (including phenoxy) is 1. The molecule has 0 bridgehead atoms. The van der Waals surface area contributed by atoms with Crippen LogP contribution < -0.4 is 30.9 Å². The normalized spacial score (nSPS) is 12.6. The van der Waals surface area contributed by atoms with Gasteiger partial charge >= 0.3 is 0 Å². The quantitative estimate of drug-likeness (QED) is 0.258. The number of nitrogens with zero attached hydrogens (tertiary/aromatic N) is 2. The maximum atomic E-state index is 6.81. The van der Waals surface area contributed by atoms with E-state index < -0.39 is 0 Å². The third kappa shape index (κ3) is 2.88. The largest absolute Gasteiger partial charge is 0.457 e. The van der Waals surface area contributed by atoms with Crippen molar-refractivity contribution < 1.29 is 4.74 Å². The van der Waals surface area contributed by atoms with Crippen LogP contribution in [-0.4, -0.2) is 34.9 Å². The second-order valence-corrected chi connectivity index (χ2v) is 10.2. The summed E-state index contributed by atoms with van der Waals surface area (Å²) in [5.74, 6) is 1.86. The van der Waals surface area contributed by atoms with Crippen molar-refractivity contribution in [1.29, 1.82) is 0 Å². The molecule has 0 unspecified atom stereocenters. The number of hydrogen-bond acceptors (Lipinski definition) is 3.